The second-order valence-electron chi connectivity index (χ2n) is 6.27. The van der Waals surface area contributed by atoms with Crippen LogP contribution >= 0.6 is 0 Å². The topological polar surface area (TPSA) is 59.1 Å². The first kappa shape index (κ1) is 17.1. The molecule has 1 aromatic heterocycles. The van der Waals surface area contributed by atoms with Crippen LogP contribution in [0, 0.1) is 0 Å². The molecule has 3 aromatic rings. The molecule has 2 N–H and O–H groups in total. The molecule has 0 spiro atoms. The average Bonchev–Trinajstić information content (AvgIpc) is 2.73. The number of dihydropyridines is 1. The van der Waals surface area contributed by atoms with Crippen molar-refractivity contribution in [1.82, 2.24) is 15.3 Å². The first-order chi connectivity index (χ1) is 13.3. The van der Waals surface area contributed by atoms with Crippen LogP contribution in [-0.2, 0) is 0 Å². The normalized spacial score (nSPS) is 13.2. The summed E-state index contributed by atoms with van der Waals surface area (Å²) in [7, 11) is 1.89. The molecule has 0 fully saturated rings. The van der Waals surface area contributed by atoms with E-state index in [4.69, 9.17) is 14.7 Å². The van der Waals surface area contributed by atoms with Crippen LogP contribution in [0.3, 0.4) is 0 Å². The van der Waals surface area contributed by atoms with Crippen molar-refractivity contribution in [3.05, 3.63) is 66.6 Å². The van der Waals surface area contributed by atoms with Crippen molar-refractivity contribution in [2.24, 2.45) is 0 Å². The minimum atomic E-state index is 0.654. The maximum absolute atomic E-state index is 5.63. The lowest BCUT2D eigenvalue weighted by molar-refractivity contribution is 0.340. The highest BCUT2D eigenvalue weighted by Gasteiger charge is 2.12. The fraction of sp³-hybridized carbons (Fsp3) is 0.182. The molecule has 1 aliphatic rings. The Labute approximate surface area is 158 Å². The van der Waals surface area contributed by atoms with Gasteiger partial charge in [-0.15, -0.1) is 0 Å². The lowest BCUT2D eigenvalue weighted by Gasteiger charge is -2.13. The molecule has 0 bridgehead atoms. The van der Waals surface area contributed by atoms with Crippen molar-refractivity contribution in [3.63, 3.8) is 0 Å². The maximum Gasteiger partial charge on any atom is 0.159 e. The summed E-state index contributed by atoms with van der Waals surface area (Å²) in [5.74, 6) is 2.45. The van der Waals surface area contributed by atoms with Crippen LogP contribution in [0.25, 0.3) is 27.6 Å². The molecule has 0 unspecified atom stereocenters. The van der Waals surface area contributed by atoms with Crippen LogP contribution < -0.4 is 15.4 Å². The molecule has 0 aliphatic carbocycles. The molecule has 0 radical (unpaired) electrons. The number of nitrogens with one attached hydrogen (secondary N) is 2. The third kappa shape index (κ3) is 3.49. The predicted octanol–water partition coefficient (Wildman–Crippen LogP) is 4.24. The van der Waals surface area contributed by atoms with E-state index < -0.39 is 0 Å². The molecular weight excluding hydrogens is 336 g/mol. The Morgan fingerprint density at radius 2 is 2.00 bits per heavy atom. The fourth-order valence-electron chi connectivity index (χ4n) is 3.19. The maximum atomic E-state index is 5.63. The summed E-state index contributed by atoms with van der Waals surface area (Å²) < 4.78 is 5.63. The number of fused-ring (bicyclic) bond motifs is 1. The Morgan fingerprint density at radius 3 is 2.78 bits per heavy atom. The van der Waals surface area contributed by atoms with Gasteiger partial charge in [0, 0.05) is 24.6 Å². The molecule has 0 atom stereocenters. The molecule has 0 saturated carbocycles. The van der Waals surface area contributed by atoms with Gasteiger partial charge in [-0.05, 0) is 54.6 Å². The van der Waals surface area contributed by atoms with Crippen molar-refractivity contribution in [2.75, 3.05) is 25.5 Å². The van der Waals surface area contributed by atoms with Crippen molar-refractivity contribution in [2.45, 2.75) is 6.92 Å². The number of nitrogens with zero attached hydrogens (tertiary/aromatic N) is 2. The molecule has 2 heterocycles. The van der Waals surface area contributed by atoms with E-state index in [1.165, 1.54) is 0 Å². The van der Waals surface area contributed by atoms with E-state index in [9.17, 15) is 0 Å². The van der Waals surface area contributed by atoms with Crippen LogP contribution in [-0.4, -0.2) is 30.2 Å². The quantitative estimate of drug-likeness (QED) is 0.714. The Morgan fingerprint density at radius 1 is 1.11 bits per heavy atom. The lowest BCUT2D eigenvalue weighted by atomic mass is 10.0. The Kier molecular flexibility index (Phi) is 4.75. The molecule has 0 amide bonds. The van der Waals surface area contributed by atoms with Crippen LogP contribution in [0.4, 0.5) is 5.82 Å². The second kappa shape index (κ2) is 7.50. The summed E-state index contributed by atoms with van der Waals surface area (Å²) in [6.07, 6.45) is 5.94. The van der Waals surface area contributed by atoms with E-state index in [1.54, 1.807) is 0 Å². The summed E-state index contributed by atoms with van der Waals surface area (Å²) in [5.41, 5.74) is 4.21. The number of allylic oxidation sites excluding steroid dienone is 2. The Hall–Kier alpha value is -3.34. The molecule has 0 saturated heterocycles. The molecule has 136 valence electrons. The first-order valence-corrected chi connectivity index (χ1v) is 9.10. The predicted molar refractivity (Wildman–Crippen MR) is 111 cm³/mol. The highest BCUT2D eigenvalue weighted by Crippen LogP contribution is 2.30. The molecule has 2 aromatic carbocycles. The van der Waals surface area contributed by atoms with E-state index in [2.05, 4.69) is 41.0 Å². The fourth-order valence-corrected chi connectivity index (χ4v) is 3.19. The summed E-state index contributed by atoms with van der Waals surface area (Å²) in [6, 6.07) is 14.4. The average molecular weight is 358 g/mol. The monoisotopic (exact) mass is 358 g/mol. The van der Waals surface area contributed by atoms with Gasteiger partial charge in [0.15, 0.2) is 5.82 Å². The van der Waals surface area contributed by atoms with E-state index in [0.717, 1.165) is 51.5 Å². The standard InChI is InChI=1S/C22H22N4O/c1-3-27-18-8-4-6-15(12-18)16-9-10-20-19(13-16)22(23-2)26-21(25-20)17-7-5-11-24-14-17/h4-13,24H,3,14H2,1-2H3,(H,23,25,26). The minimum Gasteiger partial charge on any atom is -0.494 e. The zero-order valence-corrected chi connectivity index (χ0v) is 15.5. The number of hydrogen-bond acceptors (Lipinski definition) is 5. The Bertz CT molecular complexity index is 1040. The molecule has 5 nitrogen and oxygen atoms in total. The number of anilines is 1. The minimum absolute atomic E-state index is 0.654. The van der Waals surface area contributed by atoms with Gasteiger partial charge in [-0.3, -0.25) is 0 Å². The lowest BCUT2D eigenvalue weighted by Crippen LogP contribution is -2.14. The summed E-state index contributed by atoms with van der Waals surface area (Å²) in [4.78, 5) is 9.51. The van der Waals surface area contributed by atoms with Gasteiger partial charge in [0.2, 0.25) is 0 Å². The van der Waals surface area contributed by atoms with Gasteiger partial charge in [-0.25, -0.2) is 9.97 Å². The number of rotatable bonds is 5. The van der Waals surface area contributed by atoms with Gasteiger partial charge in [-0.1, -0.05) is 24.3 Å². The van der Waals surface area contributed by atoms with Crippen molar-refractivity contribution >= 4 is 22.3 Å². The smallest absolute Gasteiger partial charge is 0.159 e. The molecule has 27 heavy (non-hydrogen) atoms. The van der Waals surface area contributed by atoms with Crippen LogP contribution in [0.15, 0.2) is 60.8 Å². The van der Waals surface area contributed by atoms with Gasteiger partial charge in [-0.2, -0.15) is 0 Å². The van der Waals surface area contributed by atoms with Gasteiger partial charge < -0.3 is 15.4 Å². The third-order valence-corrected chi connectivity index (χ3v) is 4.50. The number of ether oxygens (including phenoxy) is 1. The van der Waals surface area contributed by atoms with Gasteiger partial charge in [0.25, 0.3) is 0 Å². The molecule has 4 rings (SSSR count). The SMILES string of the molecule is CCOc1cccc(-c2ccc3nc(C4=CC=CNC4)nc(NC)c3c2)c1. The first-order valence-electron chi connectivity index (χ1n) is 9.10. The van der Waals surface area contributed by atoms with Gasteiger partial charge in [0.05, 0.1) is 12.1 Å². The highest BCUT2D eigenvalue weighted by molar-refractivity contribution is 5.93. The van der Waals surface area contributed by atoms with Crippen molar-refractivity contribution in [1.29, 1.82) is 0 Å². The zero-order chi connectivity index (χ0) is 18.6. The second-order valence-corrected chi connectivity index (χ2v) is 6.27. The van der Waals surface area contributed by atoms with E-state index in [0.29, 0.717) is 6.61 Å². The van der Waals surface area contributed by atoms with Crippen molar-refractivity contribution in [3.8, 4) is 16.9 Å². The molecule has 1 aliphatic heterocycles. The third-order valence-electron chi connectivity index (χ3n) is 4.50. The van der Waals surface area contributed by atoms with Gasteiger partial charge in [0.1, 0.15) is 11.6 Å². The van der Waals surface area contributed by atoms with Crippen LogP contribution in [0.2, 0.25) is 0 Å². The van der Waals surface area contributed by atoms with E-state index in [-0.39, 0.29) is 0 Å². The summed E-state index contributed by atoms with van der Waals surface area (Å²) in [5, 5.41) is 7.42. The van der Waals surface area contributed by atoms with Crippen LogP contribution in [0.1, 0.15) is 12.7 Å². The molecular formula is C22H22N4O. The van der Waals surface area contributed by atoms with Crippen LogP contribution in [0.5, 0.6) is 5.75 Å². The summed E-state index contributed by atoms with van der Waals surface area (Å²) >= 11 is 0. The van der Waals surface area contributed by atoms with E-state index >= 15 is 0 Å². The van der Waals surface area contributed by atoms with E-state index in [1.807, 2.05) is 44.5 Å². The molecule has 5 heteroatoms. The number of aromatic nitrogens is 2. The number of hydrogen-bond donors (Lipinski definition) is 2. The largest absolute Gasteiger partial charge is 0.494 e. The Balaban J connectivity index is 1.79. The number of benzene rings is 2. The van der Waals surface area contributed by atoms with Gasteiger partial charge >= 0.3 is 0 Å². The highest BCUT2D eigenvalue weighted by atomic mass is 16.5. The summed E-state index contributed by atoms with van der Waals surface area (Å²) in [6.45, 7) is 3.37. The zero-order valence-electron chi connectivity index (χ0n) is 15.5. The van der Waals surface area contributed by atoms with Crippen molar-refractivity contribution < 1.29 is 4.74 Å².